The molecule has 2 amide bonds. The summed E-state index contributed by atoms with van der Waals surface area (Å²) in [5.41, 5.74) is 1.76. The van der Waals surface area contributed by atoms with E-state index in [1.165, 1.54) is 0 Å². The van der Waals surface area contributed by atoms with Gasteiger partial charge in [-0.3, -0.25) is 9.59 Å². The van der Waals surface area contributed by atoms with Crippen molar-refractivity contribution in [1.82, 2.24) is 20.4 Å². The summed E-state index contributed by atoms with van der Waals surface area (Å²) in [5, 5.41) is 9.33. The van der Waals surface area contributed by atoms with Gasteiger partial charge in [0.05, 0.1) is 13.1 Å². The van der Waals surface area contributed by atoms with Crippen LogP contribution in [0.25, 0.3) is 0 Å². The first-order chi connectivity index (χ1) is 14.0. The van der Waals surface area contributed by atoms with Crippen LogP contribution in [0.4, 0.5) is 5.69 Å². The molecule has 168 valence electrons. The van der Waals surface area contributed by atoms with E-state index in [2.05, 4.69) is 20.9 Å². The Kier molecular flexibility index (Phi) is 12.4. The number of likely N-dealkylation sites (N-methyl/N-ethyl adjacent to an activating group) is 1. The molecule has 0 bridgehead atoms. The number of halogens is 1. The Morgan fingerprint density at radius 1 is 1.17 bits per heavy atom. The van der Waals surface area contributed by atoms with Gasteiger partial charge >= 0.3 is 0 Å². The number of guanidine groups is 1. The molecule has 1 heterocycles. The van der Waals surface area contributed by atoms with Gasteiger partial charge in [-0.05, 0) is 51.6 Å². The molecule has 3 N–H and O–H groups in total. The largest absolute Gasteiger partial charge is 0.357 e. The summed E-state index contributed by atoms with van der Waals surface area (Å²) in [6.07, 6.45) is 2.69. The molecule has 0 unspecified atom stereocenters. The average molecular weight is 530 g/mol. The van der Waals surface area contributed by atoms with Crippen molar-refractivity contribution >= 4 is 47.4 Å². The van der Waals surface area contributed by atoms with Gasteiger partial charge in [0.15, 0.2) is 5.96 Å². The van der Waals surface area contributed by atoms with Crippen molar-refractivity contribution in [1.29, 1.82) is 0 Å². The number of carbonyl (C=O) groups is 2. The van der Waals surface area contributed by atoms with Crippen LogP contribution in [-0.2, 0) is 16.1 Å². The lowest BCUT2D eigenvalue weighted by Gasteiger charge is -2.16. The summed E-state index contributed by atoms with van der Waals surface area (Å²) in [5.74, 6) is 0.837. The van der Waals surface area contributed by atoms with E-state index >= 15 is 0 Å². The number of hydrogen-bond donors (Lipinski definition) is 3. The first kappa shape index (κ1) is 26.2. The molecule has 0 spiro atoms. The van der Waals surface area contributed by atoms with Crippen molar-refractivity contribution in [2.45, 2.75) is 32.7 Å². The number of benzene rings is 1. The van der Waals surface area contributed by atoms with Crippen LogP contribution in [0.2, 0.25) is 0 Å². The van der Waals surface area contributed by atoms with Crippen molar-refractivity contribution in [3.63, 3.8) is 0 Å². The first-order valence-electron chi connectivity index (χ1n) is 10.3. The van der Waals surface area contributed by atoms with Crippen molar-refractivity contribution < 1.29 is 9.59 Å². The topological polar surface area (TPSA) is 89.1 Å². The zero-order chi connectivity index (χ0) is 21.1. The van der Waals surface area contributed by atoms with E-state index in [9.17, 15) is 9.59 Å². The SMILES string of the molecule is CCNC(=NCc1cccc(NC(=O)CN(C)C)c1)NCCC(=O)N1CCCC1.I. The van der Waals surface area contributed by atoms with Gasteiger partial charge in [0.25, 0.3) is 0 Å². The predicted octanol–water partition coefficient (Wildman–Crippen LogP) is 1.87. The number of nitrogens with zero attached hydrogens (tertiary/aromatic N) is 3. The Morgan fingerprint density at radius 3 is 2.57 bits per heavy atom. The summed E-state index contributed by atoms with van der Waals surface area (Å²) >= 11 is 0. The van der Waals surface area contributed by atoms with Gasteiger partial charge in [0.2, 0.25) is 11.8 Å². The van der Waals surface area contributed by atoms with Gasteiger partial charge in [-0.15, -0.1) is 24.0 Å². The van der Waals surface area contributed by atoms with E-state index in [1.807, 2.05) is 55.1 Å². The third-order valence-corrected chi connectivity index (χ3v) is 4.52. The van der Waals surface area contributed by atoms with Crippen molar-refractivity contribution in [3.8, 4) is 0 Å². The van der Waals surface area contributed by atoms with E-state index < -0.39 is 0 Å². The molecule has 1 fully saturated rings. The lowest BCUT2D eigenvalue weighted by atomic mass is 10.2. The quantitative estimate of drug-likeness (QED) is 0.258. The van der Waals surface area contributed by atoms with Crippen molar-refractivity contribution in [2.75, 3.05) is 52.1 Å². The molecule has 1 saturated heterocycles. The van der Waals surface area contributed by atoms with Gasteiger partial charge in [0.1, 0.15) is 0 Å². The summed E-state index contributed by atoms with van der Waals surface area (Å²) in [6, 6.07) is 7.68. The Bertz CT molecular complexity index is 704. The molecule has 0 saturated carbocycles. The molecule has 9 heteroatoms. The summed E-state index contributed by atoms with van der Waals surface area (Å²) in [7, 11) is 3.72. The fourth-order valence-electron chi connectivity index (χ4n) is 3.16. The fraction of sp³-hybridized carbons (Fsp3) is 0.571. The van der Waals surface area contributed by atoms with Crippen LogP contribution in [0.3, 0.4) is 0 Å². The van der Waals surface area contributed by atoms with E-state index in [1.54, 1.807) is 0 Å². The van der Waals surface area contributed by atoms with E-state index in [0.717, 1.165) is 43.7 Å². The zero-order valence-electron chi connectivity index (χ0n) is 18.2. The highest BCUT2D eigenvalue weighted by molar-refractivity contribution is 14.0. The average Bonchev–Trinajstić information content (AvgIpc) is 3.20. The minimum Gasteiger partial charge on any atom is -0.357 e. The summed E-state index contributed by atoms with van der Waals surface area (Å²) < 4.78 is 0. The third-order valence-electron chi connectivity index (χ3n) is 4.52. The number of carbonyl (C=O) groups excluding carboxylic acids is 2. The molecule has 1 aromatic carbocycles. The lowest BCUT2D eigenvalue weighted by molar-refractivity contribution is -0.130. The molecule has 1 aromatic rings. The number of nitrogens with one attached hydrogen (secondary N) is 3. The highest BCUT2D eigenvalue weighted by atomic mass is 127. The number of rotatable bonds is 9. The highest BCUT2D eigenvalue weighted by Gasteiger charge is 2.17. The Hall–Kier alpha value is -1.88. The second-order valence-corrected chi connectivity index (χ2v) is 7.45. The van der Waals surface area contributed by atoms with E-state index in [0.29, 0.717) is 32.0 Å². The van der Waals surface area contributed by atoms with Crippen LogP contribution >= 0.6 is 24.0 Å². The molecular formula is C21H35IN6O2. The molecule has 1 aliphatic rings. The second-order valence-electron chi connectivity index (χ2n) is 7.45. The minimum atomic E-state index is -0.0478. The normalized spacial score (nSPS) is 13.7. The van der Waals surface area contributed by atoms with Crippen LogP contribution in [0.1, 0.15) is 31.7 Å². The number of amides is 2. The Labute approximate surface area is 196 Å². The summed E-state index contributed by atoms with van der Waals surface area (Å²) in [4.78, 5) is 32.4. The number of anilines is 1. The molecule has 0 atom stereocenters. The monoisotopic (exact) mass is 530 g/mol. The van der Waals surface area contributed by atoms with Crippen LogP contribution in [0, 0.1) is 0 Å². The molecular weight excluding hydrogens is 495 g/mol. The summed E-state index contributed by atoms with van der Waals surface area (Å²) in [6.45, 7) is 5.89. The van der Waals surface area contributed by atoms with Gasteiger partial charge in [-0.2, -0.15) is 0 Å². The van der Waals surface area contributed by atoms with Crippen LogP contribution in [-0.4, -0.2) is 74.4 Å². The van der Waals surface area contributed by atoms with E-state index in [4.69, 9.17) is 0 Å². The maximum Gasteiger partial charge on any atom is 0.238 e. The molecule has 1 aliphatic heterocycles. The van der Waals surface area contributed by atoms with Gasteiger partial charge in [-0.1, -0.05) is 12.1 Å². The maximum absolute atomic E-state index is 12.1. The van der Waals surface area contributed by atoms with Crippen LogP contribution in [0.5, 0.6) is 0 Å². The molecule has 2 rings (SSSR count). The van der Waals surface area contributed by atoms with Crippen molar-refractivity contribution in [3.05, 3.63) is 29.8 Å². The van der Waals surface area contributed by atoms with E-state index in [-0.39, 0.29) is 35.8 Å². The molecule has 0 aromatic heterocycles. The number of aliphatic imine (C=N–C) groups is 1. The smallest absolute Gasteiger partial charge is 0.238 e. The lowest BCUT2D eigenvalue weighted by Crippen LogP contribution is -2.39. The molecule has 0 radical (unpaired) electrons. The van der Waals surface area contributed by atoms with Crippen LogP contribution in [0.15, 0.2) is 29.3 Å². The second kappa shape index (κ2) is 14.2. The first-order valence-corrected chi connectivity index (χ1v) is 10.3. The van der Waals surface area contributed by atoms with Gasteiger partial charge < -0.3 is 25.8 Å². The number of hydrogen-bond acceptors (Lipinski definition) is 4. The minimum absolute atomic E-state index is 0. The molecule has 8 nitrogen and oxygen atoms in total. The number of likely N-dealkylation sites (tertiary alicyclic amines) is 1. The standard InChI is InChI=1S/C21H34N6O2.HI/c1-4-22-21(23-11-10-20(29)27-12-5-6-13-27)24-15-17-8-7-9-18(14-17)25-19(28)16-26(2)3;/h7-9,14H,4-6,10-13,15-16H2,1-3H3,(H,25,28)(H2,22,23,24);1H. The maximum atomic E-state index is 12.1. The molecule has 0 aliphatic carbocycles. The Balaban J connectivity index is 0.00000450. The van der Waals surface area contributed by atoms with Crippen LogP contribution < -0.4 is 16.0 Å². The van der Waals surface area contributed by atoms with Gasteiger partial charge in [-0.25, -0.2) is 4.99 Å². The zero-order valence-corrected chi connectivity index (χ0v) is 20.6. The third kappa shape index (κ3) is 9.75. The Morgan fingerprint density at radius 2 is 1.90 bits per heavy atom. The predicted molar refractivity (Wildman–Crippen MR) is 132 cm³/mol. The van der Waals surface area contributed by atoms with Crippen molar-refractivity contribution in [2.24, 2.45) is 4.99 Å². The highest BCUT2D eigenvalue weighted by Crippen LogP contribution is 2.12. The van der Waals surface area contributed by atoms with Gasteiger partial charge in [0, 0.05) is 38.3 Å². The fourth-order valence-corrected chi connectivity index (χ4v) is 3.16. The molecule has 30 heavy (non-hydrogen) atoms.